The zero-order valence-electron chi connectivity index (χ0n) is 12.0. The van der Waals surface area contributed by atoms with Gasteiger partial charge in [-0.2, -0.15) is 5.10 Å². The summed E-state index contributed by atoms with van der Waals surface area (Å²) in [5.74, 6) is 0. The second kappa shape index (κ2) is 6.48. The Morgan fingerprint density at radius 2 is 1.81 bits per heavy atom. The van der Waals surface area contributed by atoms with Crippen LogP contribution in [0.3, 0.4) is 0 Å². The second-order valence-corrected chi connectivity index (χ2v) is 6.48. The van der Waals surface area contributed by atoms with Gasteiger partial charge in [-0.3, -0.25) is 4.68 Å². The molecule has 0 radical (unpaired) electrons. The van der Waals surface area contributed by atoms with Gasteiger partial charge in [-0.25, -0.2) is 0 Å². The minimum Gasteiger partial charge on any atom is -0.395 e. The van der Waals surface area contributed by atoms with Crippen LogP contribution in [-0.4, -0.2) is 33.2 Å². The van der Waals surface area contributed by atoms with Crippen molar-refractivity contribution in [3.05, 3.63) is 50.7 Å². The van der Waals surface area contributed by atoms with E-state index in [-0.39, 0.29) is 13.2 Å². The van der Waals surface area contributed by atoms with Crippen molar-refractivity contribution in [2.75, 3.05) is 13.2 Å². The zero-order chi connectivity index (χ0) is 15.6. The Hall–Kier alpha value is -0.880. The summed E-state index contributed by atoms with van der Waals surface area (Å²) in [7, 11) is 1.86. The average molecular weight is 374 g/mol. The summed E-state index contributed by atoms with van der Waals surface area (Å²) in [4.78, 5) is 0. The SMILES string of the molecule is Cc1nn(C)c(CC(CO)(CO)c2ccc(Cl)cc2)c1Br. The number of aliphatic hydroxyl groups excluding tert-OH is 2. The molecule has 0 aliphatic carbocycles. The van der Waals surface area contributed by atoms with E-state index in [9.17, 15) is 10.2 Å². The van der Waals surface area contributed by atoms with E-state index in [1.165, 1.54) is 0 Å². The standard InChI is InChI=1S/C15H18BrClN2O2/c1-10-14(16)13(19(2)18-10)7-15(8-20,9-21)11-3-5-12(17)6-4-11/h3-6,20-21H,7-9H2,1-2H3. The topological polar surface area (TPSA) is 58.3 Å². The highest BCUT2D eigenvalue weighted by atomic mass is 79.9. The first-order chi connectivity index (χ1) is 9.93. The average Bonchev–Trinajstić information content (AvgIpc) is 2.72. The van der Waals surface area contributed by atoms with E-state index in [1.807, 2.05) is 26.1 Å². The molecule has 2 rings (SSSR count). The summed E-state index contributed by atoms with van der Waals surface area (Å²) in [6, 6.07) is 7.21. The molecular weight excluding hydrogens is 356 g/mol. The normalized spacial score (nSPS) is 11.9. The van der Waals surface area contributed by atoms with Crippen molar-refractivity contribution >= 4 is 27.5 Å². The van der Waals surface area contributed by atoms with E-state index < -0.39 is 5.41 Å². The largest absolute Gasteiger partial charge is 0.395 e. The molecule has 0 unspecified atom stereocenters. The molecule has 2 N–H and O–H groups in total. The molecule has 0 amide bonds. The number of hydrogen-bond acceptors (Lipinski definition) is 3. The highest BCUT2D eigenvalue weighted by molar-refractivity contribution is 9.10. The maximum atomic E-state index is 9.91. The molecule has 0 saturated heterocycles. The van der Waals surface area contributed by atoms with Gasteiger partial charge in [0.05, 0.1) is 29.1 Å². The Morgan fingerprint density at radius 1 is 1.24 bits per heavy atom. The summed E-state index contributed by atoms with van der Waals surface area (Å²) in [5.41, 5.74) is 1.90. The molecule has 1 heterocycles. The minimum atomic E-state index is -0.770. The smallest absolute Gasteiger partial charge is 0.0738 e. The van der Waals surface area contributed by atoms with Gasteiger partial charge in [-0.15, -0.1) is 0 Å². The van der Waals surface area contributed by atoms with Gasteiger partial charge in [0.2, 0.25) is 0 Å². The minimum absolute atomic E-state index is 0.165. The van der Waals surface area contributed by atoms with Crippen molar-refractivity contribution in [1.29, 1.82) is 0 Å². The number of nitrogens with zero attached hydrogens (tertiary/aromatic N) is 2. The Labute approximate surface area is 137 Å². The quantitative estimate of drug-likeness (QED) is 0.847. The predicted octanol–water partition coefficient (Wildman–Crippen LogP) is 2.61. The van der Waals surface area contributed by atoms with Gasteiger partial charge >= 0.3 is 0 Å². The van der Waals surface area contributed by atoms with Gasteiger partial charge in [-0.05, 0) is 40.5 Å². The number of benzene rings is 1. The van der Waals surface area contributed by atoms with E-state index in [0.29, 0.717) is 11.4 Å². The third-order valence-electron chi connectivity index (χ3n) is 3.83. The van der Waals surface area contributed by atoms with Gasteiger partial charge in [0.15, 0.2) is 0 Å². The van der Waals surface area contributed by atoms with Crippen LogP contribution in [0.1, 0.15) is 17.0 Å². The molecule has 0 saturated carbocycles. The van der Waals surface area contributed by atoms with Crippen LogP contribution < -0.4 is 0 Å². The maximum absolute atomic E-state index is 9.91. The first-order valence-corrected chi connectivity index (χ1v) is 7.76. The molecule has 0 bridgehead atoms. The van der Waals surface area contributed by atoms with E-state index >= 15 is 0 Å². The highest BCUT2D eigenvalue weighted by Gasteiger charge is 2.33. The number of aliphatic hydroxyl groups is 2. The molecule has 0 spiro atoms. The fraction of sp³-hybridized carbons (Fsp3) is 0.400. The molecule has 6 heteroatoms. The van der Waals surface area contributed by atoms with Crippen LogP contribution in [0.25, 0.3) is 0 Å². The molecule has 4 nitrogen and oxygen atoms in total. The molecule has 1 aromatic heterocycles. The lowest BCUT2D eigenvalue weighted by Crippen LogP contribution is -2.38. The van der Waals surface area contributed by atoms with Crippen LogP contribution in [0.2, 0.25) is 5.02 Å². The van der Waals surface area contributed by atoms with Crippen molar-refractivity contribution in [2.24, 2.45) is 7.05 Å². The summed E-state index contributed by atoms with van der Waals surface area (Å²) >= 11 is 9.44. The number of halogens is 2. The molecule has 0 atom stereocenters. The van der Waals surface area contributed by atoms with Crippen molar-refractivity contribution in [2.45, 2.75) is 18.8 Å². The molecule has 0 fully saturated rings. The lowest BCUT2D eigenvalue weighted by atomic mass is 9.78. The van der Waals surface area contributed by atoms with E-state index in [4.69, 9.17) is 11.6 Å². The highest BCUT2D eigenvalue weighted by Crippen LogP contribution is 2.32. The number of hydrogen-bond donors (Lipinski definition) is 2. The summed E-state index contributed by atoms with van der Waals surface area (Å²) < 4.78 is 2.68. The molecule has 2 aromatic rings. The van der Waals surface area contributed by atoms with Crippen LogP contribution in [0.5, 0.6) is 0 Å². The molecule has 1 aromatic carbocycles. The van der Waals surface area contributed by atoms with Crippen molar-refractivity contribution in [3.63, 3.8) is 0 Å². The maximum Gasteiger partial charge on any atom is 0.0738 e. The van der Waals surface area contributed by atoms with E-state index in [0.717, 1.165) is 21.4 Å². The Bertz CT molecular complexity index is 621. The summed E-state index contributed by atoms with van der Waals surface area (Å²) in [6.45, 7) is 1.58. The molecule has 114 valence electrons. The van der Waals surface area contributed by atoms with Crippen LogP contribution in [0.15, 0.2) is 28.7 Å². The Morgan fingerprint density at radius 3 is 2.24 bits per heavy atom. The lowest BCUT2D eigenvalue weighted by molar-refractivity contribution is 0.114. The molecular formula is C15H18BrClN2O2. The van der Waals surface area contributed by atoms with Gasteiger partial charge in [0.1, 0.15) is 0 Å². The van der Waals surface area contributed by atoms with Gasteiger partial charge in [-0.1, -0.05) is 23.7 Å². The van der Waals surface area contributed by atoms with E-state index in [1.54, 1.807) is 16.8 Å². The Kier molecular flexibility index (Phi) is 5.09. The molecule has 0 aliphatic rings. The third kappa shape index (κ3) is 3.16. The zero-order valence-corrected chi connectivity index (χ0v) is 14.3. The second-order valence-electron chi connectivity index (χ2n) is 5.25. The first kappa shape index (κ1) is 16.5. The third-order valence-corrected chi connectivity index (χ3v) is 5.11. The van der Waals surface area contributed by atoms with Crippen molar-refractivity contribution in [3.8, 4) is 0 Å². The predicted molar refractivity (Wildman–Crippen MR) is 86.7 cm³/mol. The summed E-state index contributed by atoms with van der Waals surface area (Å²) in [5, 5.41) is 24.8. The van der Waals surface area contributed by atoms with Gasteiger partial charge in [0.25, 0.3) is 0 Å². The number of rotatable bonds is 5. The van der Waals surface area contributed by atoms with Crippen LogP contribution in [0, 0.1) is 6.92 Å². The fourth-order valence-corrected chi connectivity index (χ4v) is 3.04. The Balaban J connectivity index is 2.45. The summed E-state index contributed by atoms with van der Waals surface area (Å²) in [6.07, 6.45) is 0.472. The van der Waals surface area contributed by atoms with Crippen molar-refractivity contribution in [1.82, 2.24) is 9.78 Å². The monoisotopic (exact) mass is 372 g/mol. The van der Waals surface area contributed by atoms with Crippen LogP contribution in [-0.2, 0) is 18.9 Å². The number of aromatic nitrogens is 2. The van der Waals surface area contributed by atoms with Crippen LogP contribution in [0.4, 0.5) is 0 Å². The molecule has 0 aliphatic heterocycles. The van der Waals surface area contributed by atoms with Crippen molar-refractivity contribution < 1.29 is 10.2 Å². The lowest BCUT2D eigenvalue weighted by Gasteiger charge is -2.30. The fourth-order valence-electron chi connectivity index (χ4n) is 2.44. The van der Waals surface area contributed by atoms with Gasteiger partial charge in [0, 0.05) is 23.9 Å². The van der Waals surface area contributed by atoms with Gasteiger partial charge < -0.3 is 10.2 Å². The molecule has 21 heavy (non-hydrogen) atoms. The first-order valence-electron chi connectivity index (χ1n) is 6.59. The van der Waals surface area contributed by atoms with E-state index in [2.05, 4.69) is 21.0 Å². The number of aryl methyl sites for hydroxylation is 2. The van der Waals surface area contributed by atoms with Crippen LogP contribution >= 0.6 is 27.5 Å².